The van der Waals surface area contributed by atoms with Gasteiger partial charge in [-0.1, -0.05) is 0 Å². The van der Waals surface area contributed by atoms with Crippen molar-refractivity contribution in [2.24, 2.45) is 0 Å². The molecule has 1 N–H and O–H groups in total. The van der Waals surface area contributed by atoms with Crippen molar-refractivity contribution in [2.45, 2.75) is 37.4 Å². The van der Waals surface area contributed by atoms with Crippen LogP contribution in [0.2, 0.25) is 0 Å². The van der Waals surface area contributed by atoms with Crippen LogP contribution in [0.25, 0.3) is 0 Å². The average molecular weight is 215 g/mol. The minimum atomic E-state index is 0.000486. The second kappa shape index (κ2) is 4.82. The number of hydrogen-bond donors (Lipinski definition) is 1. The summed E-state index contributed by atoms with van der Waals surface area (Å²) in [7, 11) is 0. The van der Waals surface area contributed by atoms with Crippen molar-refractivity contribution in [3.05, 3.63) is 0 Å². The number of Topliss-reactive ketones (excluding diaryl/α,β-unsaturated/α-hetero) is 1. The van der Waals surface area contributed by atoms with E-state index in [1.165, 1.54) is 19.8 Å². The lowest BCUT2D eigenvalue weighted by Crippen LogP contribution is -2.31. The molecule has 1 amide bonds. The molecule has 0 saturated heterocycles. The molecule has 0 atom stereocenters. The second-order valence-electron chi connectivity index (χ2n) is 3.87. The molecule has 0 bridgehead atoms. The Morgan fingerprint density at radius 3 is 2.43 bits per heavy atom. The van der Waals surface area contributed by atoms with Gasteiger partial charge in [0.15, 0.2) is 0 Å². The van der Waals surface area contributed by atoms with E-state index in [-0.39, 0.29) is 11.7 Å². The Kier molecular flexibility index (Phi) is 3.98. The van der Waals surface area contributed by atoms with E-state index in [1.807, 2.05) is 11.8 Å². The molecule has 1 saturated carbocycles. The lowest BCUT2D eigenvalue weighted by atomic mass is 10.2. The smallest absolute Gasteiger partial charge is 0.220 e. The first-order chi connectivity index (χ1) is 6.58. The zero-order chi connectivity index (χ0) is 10.6. The third-order valence-corrected chi connectivity index (χ3v) is 3.97. The first kappa shape index (κ1) is 11.6. The molecule has 0 radical (unpaired) electrons. The van der Waals surface area contributed by atoms with E-state index in [0.717, 1.165) is 6.54 Å². The highest BCUT2D eigenvalue weighted by Crippen LogP contribution is 2.46. The summed E-state index contributed by atoms with van der Waals surface area (Å²) in [6, 6.07) is 0. The summed E-state index contributed by atoms with van der Waals surface area (Å²) in [6.45, 7) is 2.27. The molecule has 0 aromatic carbocycles. The van der Waals surface area contributed by atoms with Crippen molar-refractivity contribution in [3.63, 3.8) is 0 Å². The first-order valence-corrected chi connectivity index (χ1v) is 6.12. The minimum Gasteiger partial charge on any atom is -0.355 e. The summed E-state index contributed by atoms with van der Waals surface area (Å²) in [4.78, 5) is 21.9. The Bertz CT molecular complexity index is 236. The standard InChI is InChI=1S/C10H17NO2S/c1-8(12)3-4-9(13)11-7-10(14-2)5-6-10/h3-7H2,1-2H3,(H,11,13). The molecule has 14 heavy (non-hydrogen) atoms. The number of amides is 1. The average Bonchev–Trinajstić information content (AvgIpc) is 2.92. The predicted molar refractivity (Wildman–Crippen MR) is 58.4 cm³/mol. The maximum Gasteiger partial charge on any atom is 0.220 e. The molecule has 4 heteroatoms. The molecular weight excluding hydrogens is 198 g/mol. The summed E-state index contributed by atoms with van der Waals surface area (Å²) in [5, 5.41) is 2.88. The van der Waals surface area contributed by atoms with E-state index in [0.29, 0.717) is 17.6 Å². The molecule has 0 aliphatic heterocycles. The molecule has 0 aromatic heterocycles. The Morgan fingerprint density at radius 2 is 2.00 bits per heavy atom. The summed E-state index contributed by atoms with van der Waals surface area (Å²) in [5.74, 6) is 0.0756. The Hall–Kier alpha value is -0.510. The van der Waals surface area contributed by atoms with E-state index in [1.54, 1.807) is 0 Å². The quantitative estimate of drug-likeness (QED) is 0.728. The van der Waals surface area contributed by atoms with Gasteiger partial charge in [0, 0.05) is 24.1 Å². The molecule has 1 rings (SSSR count). The molecule has 1 aliphatic rings. The molecule has 0 heterocycles. The predicted octanol–water partition coefficient (Wildman–Crippen LogP) is 1.37. The highest BCUT2D eigenvalue weighted by Gasteiger charge is 2.41. The van der Waals surface area contributed by atoms with Gasteiger partial charge in [-0.25, -0.2) is 0 Å². The van der Waals surface area contributed by atoms with Gasteiger partial charge >= 0.3 is 0 Å². The maximum atomic E-state index is 11.3. The van der Waals surface area contributed by atoms with Crippen LogP contribution >= 0.6 is 11.8 Å². The number of ketones is 1. The largest absolute Gasteiger partial charge is 0.355 e. The van der Waals surface area contributed by atoms with Crippen LogP contribution in [0, 0.1) is 0 Å². The zero-order valence-electron chi connectivity index (χ0n) is 8.76. The van der Waals surface area contributed by atoms with Gasteiger partial charge in [0.2, 0.25) is 5.91 Å². The van der Waals surface area contributed by atoms with Crippen LogP contribution in [0.5, 0.6) is 0 Å². The number of rotatable bonds is 6. The highest BCUT2D eigenvalue weighted by atomic mass is 32.2. The van der Waals surface area contributed by atoms with Gasteiger partial charge in [0.25, 0.3) is 0 Å². The number of hydrogen-bond acceptors (Lipinski definition) is 3. The summed E-state index contributed by atoms with van der Waals surface area (Å²) in [6.07, 6.45) is 5.16. The van der Waals surface area contributed by atoms with Gasteiger partial charge in [-0.15, -0.1) is 0 Å². The number of thioether (sulfide) groups is 1. The van der Waals surface area contributed by atoms with Crippen molar-refractivity contribution in [3.8, 4) is 0 Å². The van der Waals surface area contributed by atoms with Gasteiger partial charge in [-0.05, 0) is 26.0 Å². The molecule has 0 aromatic rings. The van der Waals surface area contributed by atoms with Gasteiger partial charge in [-0.2, -0.15) is 11.8 Å². The molecule has 0 spiro atoms. The fourth-order valence-corrected chi connectivity index (χ4v) is 1.96. The van der Waals surface area contributed by atoms with Crippen molar-refractivity contribution >= 4 is 23.5 Å². The monoisotopic (exact) mass is 215 g/mol. The third kappa shape index (κ3) is 3.70. The second-order valence-corrected chi connectivity index (χ2v) is 5.14. The Labute approximate surface area is 89.0 Å². The number of carbonyl (C=O) groups excluding carboxylic acids is 2. The summed E-state index contributed by atoms with van der Waals surface area (Å²) in [5.41, 5.74) is 0. The van der Waals surface area contributed by atoms with Crippen molar-refractivity contribution in [2.75, 3.05) is 12.8 Å². The van der Waals surface area contributed by atoms with E-state index in [4.69, 9.17) is 0 Å². The van der Waals surface area contributed by atoms with Gasteiger partial charge in [-0.3, -0.25) is 4.79 Å². The SMILES string of the molecule is CSC1(CNC(=O)CCC(C)=O)CC1. The lowest BCUT2D eigenvalue weighted by Gasteiger charge is -2.12. The normalized spacial score (nSPS) is 17.6. The van der Waals surface area contributed by atoms with Crippen LogP contribution < -0.4 is 5.32 Å². The van der Waals surface area contributed by atoms with Crippen LogP contribution in [-0.4, -0.2) is 29.2 Å². The maximum absolute atomic E-state index is 11.3. The highest BCUT2D eigenvalue weighted by molar-refractivity contribution is 8.00. The first-order valence-electron chi connectivity index (χ1n) is 4.89. The van der Waals surface area contributed by atoms with Crippen LogP contribution in [0.1, 0.15) is 32.6 Å². The molecular formula is C10H17NO2S. The van der Waals surface area contributed by atoms with E-state index >= 15 is 0 Å². The van der Waals surface area contributed by atoms with E-state index < -0.39 is 0 Å². The summed E-state index contributed by atoms with van der Waals surface area (Å²) >= 11 is 1.82. The number of nitrogens with one attached hydrogen (secondary N) is 1. The van der Waals surface area contributed by atoms with E-state index in [2.05, 4.69) is 11.6 Å². The van der Waals surface area contributed by atoms with Crippen LogP contribution in [0.4, 0.5) is 0 Å². The van der Waals surface area contributed by atoms with Gasteiger partial charge < -0.3 is 10.1 Å². The molecule has 1 fully saturated rings. The van der Waals surface area contributed by atoms with Crippen LogP contribution in [0.3, 0.4) is 0 Å². The van der Waals surface area contributed by atoms with E-state index in [9.17, 15) is 9.59 Å². The summed E-state index contributed by atoms with van der Waals surface area (Å²) < 4.78 is 0.311. The fraction of sp³-hybridized carbons (Fsp3) is 0.800. The van der Waals surface area contributed by atoms with Gasteiger partial charge in [0.05, 0.1) is 0 Å². The topological polar surface area (TPSA) is 46.2 Å². The lowest BCUT2D eigenvalue weighted by molar-refractivity contribution is -0.124. The van der Waals surface area contributed by atoms with Gasteiger partial charge in [0.1, 0.15) is 5.78 Å². The fourth-order valence-electron chi connectivity index (χ4n) is 1.23. The van der Waals surface area contributed by atoms with Crippen molar-refractivity contribution in [1.29, 1.82) is 0 Å². The molecule has 0 unspecified atom stereocenters. The Balaban J connectivity index is 2.12. The zero-order valence-corrected chi connectivity index (χ0v) is 9.58. The van der Waals surface area contributed by atoms with Crippen LogP contribution in [-0.2, 0) is 9.59 Å². The Morgan fingerprint density at radius 1 is 1.36 bits per heavy atom. The van der Waals surface area contributed by atoms with Crippen LogP contribution in [0.15, 0.2) is 0 Å². The number of carbonyl (C=O) groups is 2. The minimum absolute atomic E-state index is 0.000486. The van der Waals surface area contributed by atoms with Crippen molar-refractivity contribution < 1.29 is 9.59 Å². The third-order valence-electron chi connectivity index (χ3n) is 2.55. The molecule has 3 nitrogen and oxygen atoms in total. The molecule has 1 aliphatic carbocycles. The van der Waals surface area contributed by atoms with Crippen molar-refractivity contribution in [1.82, 2.24) is 5.32 Å². The molecule has 80 valence electrons.